The molecule has 0 atom stereocenters. The van der Waals surface area contributed by atoms with Gasteiger partial charge in [-0.1, -0.05) is 6.07 Å². The maximum atomic E-state index is 13.7. The molecule has 0 aliphatic carbocycles. The maximum absolute atomic E-state index is 13.7. The number of anilines is 1. The number of carbonyl (C=O) groups excluding carboxylic acids is 1. The third-order valence-corrected chi connectivity index (χ3v) is 2.89. The van der Waals surface area contributed by atoms with Gasteiger partial charge in [0.25, 0.3) is 0 Å². The lowest BCUT2D eigenvalue weighted by atomic mass is 10.1. The van der Waals surface area contributed by atoms with Gasteiger partial charge in [0.05, 0.1) is 11.6 Å². The van der Waals surface area contributed by atoms with Crippen molar-refractivity contribution in [1.29, 1.82) is 5.26 Å². The Morgan fingerprint density at radius 3 is 2.48 bits per heavy atom. The van der Waals surface area contributed by atoms with Crippen molar-refractivity contribution in [3.63, 3.8) is 0 Å². The van der Waals surface area contributed by atoms with Crippen LogP contribution in [0.5, 0.6) is 0 Å². The fourth-order valence-electron chi connectivity index (χ4n) is 1.81. The van der Waals surface area contributed by atoms with Gasteiger partial charge in [-0.15, -0.1) is 0 Å². The Bertz CT molecular complexity index is 715. The summed E-state index contributed by atoms with van der Waals surface area (Å²) < 4.78 is 27.4. The van der Waals surface area contributed by atoms with Crippen molar-refractivity contribution in [3.05, 3.63) is 64.7 Å². The Balaban J connectivity index is 2.19. The Hall–Kier alpha value is -2.94. The average molecular weight is 287 g/mol. The van der Waals surface area contributed by atoms with Gasteiger partial charge >= 0.3 is 0 Å². The number of hydrogen-bond donors (Lipinski definition) is 2. The van der Waals surface area contributed by atoms with Crippen LogP contribution in [0.3, 0.4) is 0 Å². The largest absolute Gasteiger partial charge is 0.381 e. The van der Waals surface area contributed by atoms with E-state index in [2.05, 4.69) is 5.32 Å². The summed E-state index contributed by atoms with van der Waals surface area (Å²) in [4.78, 5) is 11.0. The summed E-state index contributed by atoms with van der Waals surface area (Å²) in [5, 5.41) is 11.4. The molecule has 0 radical (unpaired) electrons. The predicted octanol–water partition coefficient (Wildman–Crippen LogP) is 2.55. The highest BCUT2D eigenvalue weighted by Crippen LogP contribution is 2.18. The molecule has 0 heterocycles. The lowest BCUT2D eigenvalue weighted by Gasteiger charge is -2.09. The third-order valence-electron chi connectivity index (χ3n) is 2.89. The highest BCUT2D eigenvalue weighted by atomic mass is 19.1. The molecule has 0 unspecified atom stereocenters. The van der Waals surface area contributed by atoms with E-state index in [4.69, 9.17) is 11.0 Å². The van der Waals surface area contributed by atoms with E-state index in [1.54, 1.807) is 18.2 Å². The molecule has 2 rings (SSSR count). The van der Waals surface area contributed by atoms with Crippen LogP contribution < -0.4 is 11.1 Å². The second-order valence-corrected chi connectivity index (χ2v) is 4.33. The fraction of sp³-hybridized carbons (Fsp3) is 0.0667. The number of rotatable bonds is 4. The molecule has 2 aromatic rings. The summed E-state index contributed by atoms with van der Waals surface area (Å²) in [6.07, 6.45) is 0. The highest BCUT2D eigenvalue weighted by molar-refractivity contribution is 5.93. The smallest absolute Gasteiger partial charge is 0.248 e. The molecule has 6 heteroatoms. The van der Waals surface area contributed by atoms with Crippen LogP contribution in [0.1, 0.15) is 21.5 Å². The van der Waals surface area contributed by atoms with E-state index in [9.17, 15) is 13.6 Å². The number of primary amides is 1. The SMILES string of the molecule is N#Cc1cc(F)c(CNc2cccc(C(N)=O)c2)c(F)c1. The predicted molar refractivity (Wildman–Crippen MR) is 73.4 cm³/mol. The van der Waals surface area contributed by atoms with Crippen molar-refractivity contribution in [2.75, 3.05) is 5.32 Å². The summed E-state index contributed by atoms with van der Waals surface area (Å²) in [6, 6.07) is 9.90. The molecule has 3 N–H and O–H groups in total. The summed E-state index contributed by atoms with van der Waals surface area (Å²) in [7, 11) is 0. The number of halogens is 2. The van der Waals surface area contributed by atoms with Crippen molar-refractivity contribution in [1.82, 2.24) is 0 Å². The number of nitrogens with zero attached hydrogens (tertiary/aromatic N) is 1. The van der Waals surface area contributed by atoms with Crippen LogP contribution in [-0.4, -0.2) is 5.91 Å². The molecule has 0 fully saturated rings. The summed E-state index contributed by atoms with van der Waals surface area (Å²) in [6.45, 7) is -0.119. The summed E-state index contributed by atoms with van der Waals surface area (Å²) in [5.74, 6) is -2.19. The molecule has 2 aromatic carbocycles. The molecular weight excluding hydrogens is 276 g/mol. The zero-order valence-corrected chi connectivity index (χ0v) is 10.9. The van der Waals surface area contributed by atoms with Crippen molar-refractivity contribution in [2.45, 2.75) is 6.54 Å². The van der Waals surface area contributed by atoms with Crippen LogP contribution in [0.4, 0.5) is 14.5 Å². The first-order valence-corrected chi connectivity index (χ1v) is 6.03. The molecule has 106 valence electrons. The summed E-state index contributed by atoms with van der Waals surface area (Å²) >= 11 is 0. The molecule has 0 aliphatic rings. The van der Waals surface area contributed by atoms with Crippen LogP contribution in [0, 0.1) is 23.0 Å². The minimum absolute atomic E-state index is 0.0792. The van der Waals surface area contributed by atoms with E-state index in [0.717, 1.165) is 12.1 Å². The zero-order chi connectivity index (χ0) is 15.4. The van der Waals surface area contributed by atoms with Crippen molar-refractivity contribution in [3.8, 4) is 6.07 Å². The molecule has 1 amide bonds. The van der Waals surface area contributed by atoms with E-state index in [1.165, 1.54) is 12.1 Å². The topological polar surface area (TPSA) is 78.9 Å². The van der Waals surface area contributed by atoms with E-state index < -0.39 is 17.5 Å². The van der Waals surface area contributed by atoms with Gasteiger partial charge in [0.1, 0.15) is 11.6 Å². The number of amides is 1. The number of nitrogens with two attached hydrogens (primary N) is 1. The molecule has 0 spiro atoms. The first-order chi connectivity index (χ1) is 10.0. The van der Waals surface area contributed by atoms with Gasteiger partial charge in [-0.25, -0.2) is 8.78 Å². The van der Waals surface area contributed by atoms with Crippen LogP contribution in [0.25, 0.3) is 0 Å². The second kappa shape index (κ2) is 6.01. The minimum Gasteiger partial charge on any atom is -0.381 e. The number of hydrogen-bond acceptors (Lipinski definition) is 3. The molecule has 0 aromatic heterocycles. The molecule has 0 aliphatic heterocycles. The fourth-order valence-corrected chi connectivity index (χ4v) is 1.81. The maximum Gasteiger partial charge on any atom is 0.248 e. The Morgan fingerprint density at radius 1 is 1.24 bits per heavy atom. The van der Waals surface area contributed by atoms with Crippen molar-refractivity contribution in [2.24, 2.45) is 5.73 Å². The highest BCUT2D eigenvalue weighted by Gasteiger charge is 2.11. The van der Waals surface area contributed by atoms with Crippen LogP contribution >= 0.6 is 0 Å². The monoisotopic (exact) mass is 287 g/mol. The molecule has 21 heavy (non-hydrogen) atoms. The van der Waals surface area contributed by atoms with Crippen LogP contribution in [0.15, 0.2) is 36.4 Å². The minimum atomic E-state index is -0.801. The molecule has 0 saturated heterocycles. The van der Waals surface area contributed by atoms with Gasteiger partial charge in [-0.3, -0.25) is 4.79 Å². The normalized spacial score (nSPS) is 9.95. The Labute approximate surface area is 119 Å². The van der Waals surface area contributed by atoms with Crippen molar-refractivity contribution < 1.29 is 13.6 Å². The Kier molecular flexibility index (Phi) is 4.14. The first-order valence-electron chi connectivity index (χ1n) is 6.03. The van der Waals surface area contributed by atoms with Crippen LogP contribution in [0.2, 0.25) is 0 Å². The van der Waals surface area contributed by atoms with Crippen molar-refractivity contribution >= 4 is 11.6 Å². The Morgan fingerprint density at radius 2 is 1.90 bits per heavy atom. The van der Waals surface area contributed by atoms with Gasteiger partial charge in [0.15, 0.2) is 0 Å². The quantitative estimate of drug-likeness (QED) is 0.907. The molecule has 0 bridgehead atoms. The van der Waals surface area contributed by atoms with E-state index >= 15 is 0 Å². The lowest BCUT2D eigenvalue weighted by molar-refractivity contribution is 0.100. The number of nitriles is 1. The number of benzene rings is 2. The average Bonchev–Trinajstić information content (AvgIpc) is 2.46. The number of carbonyl (C=O) groups is 1. The molecule has 0 saturated carbocycles. The summed E-state index contributed by atoms with van der Waals surface area (Å²) in [5.41, 5.74) is 5.69. The lowest BCUT2D eigenvalue weighted by Crippen LogP contribution is -2.11. The standard InChI is InChI=1S/C15H11F2N3O/c16-13-4-9(7-18)5-14(17)12(13)8-20-11-3-1-2-10(6-11)15(19)21/h1-6,20H,8H2,(H2,19,21). The van der Waals surface area contributed by atoms with Gasteiger partial charge in [0.2, 0.25) is 5.91 Å². The third kappa shape index (κ3) is 3.34. The second-order valence-electron chi connectivity index (χ2n) is 4.33. The number of nitrogens with one attached hydrogen (secondary N) is 1. The van der Waals surface area contributed by atoms with E-state index in [-0.39, 0.29) is 17.7 Å². The van der Waals surface area contributed by atoms with Gasteiger partial charge in [-0.2, -0.15) is 5.26 Å². The molecule has 4 nitrogen and oxygen atoms in total. The van der Waals surface area contributed by atoms with Gasteiger partial charge in [0, 0.05) is 23.4 Å². The van der Waals surface area contributed by atoms with E-state index in [0.29, 0.717) is 11.3 Å². The van der Waals surface area contributed by atoms with Gasteiger partial charge < -0.3 is 11.1 Å². The van der Waals surface area contributed by atoms with Crippen LogP contribution in [-0.2, 0) is 6.54 Å². The zero-order valence-electron chi connectivity index (χ0n) is 10.9. The van der Waals surface area contributed by atoms with E-state index in [1.807, 2.05) is 0 Å². The first kappa shape index (κ1) is 14.5. The van der Waals surface area contributed by atoms with Gasteiger partial charge in [-0.05, 0) is 30.3 Å². The molecular formula is C15H11F2N3O.